The maximum absolute atomic E-state index is 9.22. The van der Waals surface area contributed by atoms with Crippen LogP contribution in [0.25, 0.3) is 0 Å². The van der Waals surface area contributed by atoms with Crippen LogP contribution < -0.4 is 0 Å². The van der Waals surface area contributed by atoms with Gasteiger partial charge in [-0.25, -0.2) is 0 Å². The molecule has 0 aromatic heterocycles. The fourth-order valence-electron chi connectivity index (χ4n) is 0.950. The quantitative estimate of drug-likeness (QED) is 0.359. The zero-order valence-corrected chi connectivity index (χ0v) is 7.36. The van der Waals surface area contributed by atoms with Gasteiger partial charge < -0.3 is 19.8 Å². The van der Waals surface area contributed by atoms with Crippen LogP contribution in [-0.4, -0.2) is 59.9 Å². The number of likely N-dealkylation sites (N-methyl/N-ethyl adjacent to an activating group) is 1. The minimum Gasteiger partial charge on any atom is -0.387 e. The van der Waals surface area contributed by atoms with Crippen molar-refractivity contribution in [1.29, 1.82) is 0 Å². The zero-order valence-electron chi connectivity index (χ0n) is 7.36. The van der Waals surface area contributed by atoms with E-state index in [0.29, 0.717) is 11.0 Å². The Morgan fingerprint density at radius 3 is 1.82 bits per heavy atom. The molecule has 0 aliphatic carbocycles. The molecule has 68 valence electrons. The molecule has 11 heavy (non-hydrogen) atoms. The van der Waals surface area contributed by atoms with E-state index in [4.69, 9.17) is 10.2 Å². The summed E-state index contributed by atoms with van der Waals surface area (Å²) in [4.78, 5) is 0. The van der Waals surface area contributed by atoms with Crippen LogP contribution >= 0.6 is 0 Å². The molecule has 0 aliphatic heterocycles. The third-order valence-corrected chi connectivity index (χ3v) is 1.24. The summed E-state index contributed by atoms with van der Waals surface area (Å²) in [5.74, 6) is 0. The van der Waals surface area contributed by atoms with Gasteiger partial charge in [-0.15, -0.1) is 0 Å². The molecule has 0 fully saturated rings. The average molecular weight is 164 g/mol. The Morgan fingerprint density at radius 2 is 1.55 bits per heavy atom. The van der Waals surface area contributed by atoms with Crippen LogP contribution in [0.2, 0.25) is 0 Å². The topological polar surface area (TPSA) is 60.7 Å². The van der Waals surface area contributed by atoms with Gasteiger partial charge in [0, 0.05) is 6.42 Å². The van der Waals surface area contributed by atoms with Gasteiger partial charge in [0.1, 0.15) is 12.6 Å². The first kappa shape index (κ1) is 10.8. The molecule has 4 nitrogen and oxygen atoms in total. The van der Waals surface area contributed by atoms with Gasteiger partial charge >= 0.3 is 0 Å². The van der Waals surface area contributed by atoms with Gasteiger partial charge in [-0.05, 0) is 0 Å². The minimum atomic E-state index is -1.41. The number of nitrogens with zero attached hydrogens (tertiary/aromatic N) is 1. The molecule has 0 aromatic carbocycles. The van der Waals surface area contributed by atoms with E-state index < -0.39 is 12.4 Å². The smallest absolute Gasteiger partial charge is 0.154 e. The highest BCUT2D eigenvalue weighted by molar-refractivity contribution is 4.53. The maximum atomic E-state index is 9.22. The van der Waals surface area contributed by atoms with Crippen molar-refractivity contribution >= 4 is 0 Å². The van der Waals surface area contributed by atoms with Gasteiger partial charge in [-0.3, -0.25) is 0 Å². The molecule has 0 unspecified atom stereocenters. The monoisotopic (exact) mass is 164 g/mol. The molecule has 1 atom stereocenters. The van der Waals surface area contributed by atoms with Gasteiger partial charge in [-0.2, -0.15) is 0 Å². The Morgan fingerprint density at radius 1 is 1.09 bits per heavy atom. The summed E-state index contributed by atoms with van der Waals surface area (Å²) in [5.41, 5.74) is 0. The highest BCUT2D eigenvalue weighted by Gasteiger charge is 2.17. The predicted molar refractivity (Wildman–Crippen MR) is 41.7 cm³/mol. The summed E-state index contributed by atoms with van der Waals surface area (Å²) < 4.78 is 0.619. The molecule has 0 aromatic rings. The van der Waals surface area contributed by atoms with Crippen LogP contribution in [0.5, 0.6) is 0 Å². The average Bonchev–Trinajstić information content (AvgIpc) is 1.53. The van der Waals surface area contributed by atoms with Crippen molar-refractivity contribution in [1.82, 2.24) is 0 Å². The van der Waals surface area contributed by atoms with E-state index >= 15 is 0 Å². The van der Waals surface area contributed by atoms with Crippen LogP contribution in [0.4, 0.5) is 0 Å². The molecule has 3 N–H and O–H groups in total. The van der Waals surface area contributed by atoms with Gasteiger partial charge in [0.2, 0.25) is 0 Å². The van der Waals surface area contributed by atoms with Crippen LogP contribution in [0.15, 0.2) is 0 Å². The first-order chi connectivity index (χ1) is 4.81. The molecule has 0 spiro atoms. The van der Waals surface area contributed by atoms with Gasteiger partial charge in [-0.1, -0.05) is 0 Å². The lowest BCUT2D eigenvalue weighted by Crippen LogP contribution is -2.42. The second-order valence-electron chi connectivity index (χ2n) is 3.84. The summed E-state index contributed by atoms with van der Waals surface area (Å²) >= 11 is 0. The standard InChI is InChI=1S/C7H18NO3/c1-8(2,3)5-6(9)4-7(10)11/h6-7,9-11H,4-5H2,1-3H3/q+1/t6-/m0/s1. The summed E-state index contributed by atoms with van der Waals surface area (Å²) in [5, 5.41) is 26.2. The first-order valence-corrected chi connectivity index (χ1v) is 3.66. The second-order valence-corrected chi connectivity index (χ2v) is 3.84. The lowest BCUT2D eigenvalue weighted by atomic mass is 10.2. The molecule has 0 rings (SSSR count). The minimum absolute atomic E-state index is 0.0233. The van der Waals surface area contributed by atoms with E-state index in [0.717, 1.165) is 0 Å². The molecule has 0 aliphatic rings. The molecule has 0 saturated heterocycles. The van der Waals surface area contributed by atoms with Crippen molar-refractivity contribution in [3.8, 4) is 0 Å². The molecule has 0 amide bonds. The number of quaternary nitrogens is 1. The Bertz CT molecular complexity index is 109. The molecule has 0 bridgehead atoms. The fourth-order valence-corrected chi connectivity index (χ4v) is 0.950. The molecule has 0 saturated carbocycles. The van der Waals surface area contributed by atoms with E-state index in [1.807, 2.05) is 21.1 Å². The Kier molecular flexibility index (Phi) is 3.96. The number of aliphatic hydroxyl groups is 3. The number of hydrogen-bond donors (Lipinski definition) is 3. The number of aliphatic hydroxyl groups excluding tert-OH is 2. The van der Waals surface area contributed by atoms with Crippen LogP contribution in [0, 0.1) is 0 Å². The third-order valence-electron chi connectivity index (χ3n) is 1.24. The van der Waals surface area contributed by atoms with Crippen molar-refractivity contribution in [2.75, 3.05) is 27.7 Å². The van der Waals surface area contributed by atoms with Crippen molar-refractivity contribution in [2.45, 2.75) is 18.8 Å². The van der Waals surface area contributed by atoms with Crippen LogP contribution in [-0.2, 0) is 0 Å². The van der Waals surface area contributed by atoms with Crippen LogP contribution in [0.3, 0.4) is 0 Å². The lowest BCUT2D eigenvalue weighted by Gasteiger charge is -2.26. The normalized spacial score (nSPS) is 15.5. The van der Waals surface area contributed by atoms with E-state index in [1.165, 1.54) is 0 Å². The van der Waals surface area contributed by atoms with Crippen LogP contribution in [0.1, 0.15) is 6.42 Å². The second kappa shape index (κ2) is 4.01. The van der Waals surface area contributed by atoms with Crippen molar-refractivity contribution < 1.29 is 19.8 Å². The summed E-state index contributed by atoms with van der Waals surface area (Å²) in [7, 11) is 5.81. The van der Waals surface area contributed by atoms with Gasteiger partial charge in [0.15, 0.2) is 6.29 Å². The van der Waals surface area contributed by atoms with Crippen molar-refractivity contribution in [3.05, 3.63) is 0 Å². The third kappa shape index (κ3) is 7.74. The molecular weight excluding hydrogens is 146 g/mol. The molecule has 4 heteroatoms. The van der Waals surface area contributed by atoms with E-state index in [-0.39, 0.29) is 6.42 Å². The zero-order chi connectivity index (χ0) is 9.07. The van der Waals surface area contributed by atoms with Crippen molar-refractivity contribution in [2.24, 2.45) is 0 Å². The molecule has 0 heterocycles. The Hall–Kier alpha value is -0.160. The SMILES string of the molecule is C[N+](C)(C)C[C@@H](O)CC(O)O. The number of rotatable bonds is 4. The summed E-state index contributed by atoms with van der Waals surface area (Å²) in [6.45, 7) is 0.525. The summed E-state index contributed by atoms with van der Waals surface area (Å²) in [6, 6.07) is 0. The maximum Gasteiger partial charge on any atom is 0.154 e. The van der Waals surface area contributed by atoms with E-state index in [2.05, 4.69) is 0 Å². The highest BCUT2D eigenvalue weighted by Crippen LogP contribution is 2.00. The Labute approximate surface area is 67.3 Å². The Balaban J connectivity index is 3.61. The van der Waals surface area contributed by atoms with E-state index in [1.54, 1.807) is 0 Å². The van der Waals surface area contributed by atoms with Gasteiger partial charge in [0.05, 0.1) is 21.1 Å². The van der Waals surface area contributed by atoms with Gasteiger partial charge in [0.25, 0.3) is 0 Å². The largest absolute Gasteiger partial charge is 0.387 e. The molecular formula is C7H18NO3+. The molecule has 0 radical (unpaired) electrons. The van der Waals surface area contributed by atoms with Crippen molar-refractivity contribution in [3.63, 3.8) is 0 Å². The predicted octanol–water partition coefficient (Wildman–Crippen LogP) is -1.25. The summed E-state index contributed by atoms with van der Waals surface area (Å²) in [6.07, 6.45) is -2.03. The lowest BCUT2D eigenvalue weighted by molar-refractivity contribution is -0.873. The highest BCUT2D eigenvalue weighted by atomic mass is 16.5. The number of hydrogen-bond acceptors (Lipinski definition) is 3. The van der Waals surface area contributed by atoms with E-state index in [9.17, 15) is 5.11 Å². The first-order valence-electron chi connectivity index (χ1n) is 3.66. The fraction of sp³-hybridized carbons (Fsp3) is 1.00.